The predicted molar refractivity (Wildman–Crippen MR) is 171 cm³/mol. The fourth-order valence-electron chi connectivity index (χ4n) is 7.04. The van der Waals surface area contributed by atoms with E-state index < -0.39 is 0 Å². The van der Waals surface area contributed by atoms with Gasteiger partial charge in [-0.1, -0.05) is 72.3 Å². The number of halogens is 1. The third-order valence-corrected chi connectivity index (χ3v) is 9.59. The average Bonchev–Trinajstić information content (AvgIpc) is 3.54. The number of hydrogen-bond donors (Lipinski definition) is 2. The van der Waals surface area contributed by atoms with Crippen LogP contribution in [0.5, 0.6) is 0 Å². The lowest BCUT2D eigenvalue weighted by molar-refractivity contribution is -0.150. The van der Waals surface area contributed by atoms with Crippen molar-refractivity contribution in [1.29, 1.82) is 0 Å². The Bertz CT molecular complexity index is 1170. The van der Waals surface area contributed by atoms with Crippen molar-refractivity contribution in [1.82, 2.24) is 15.3 Å². The summed E-state index contributed by atoms with van der Waals surface area (Å²) >= 11 is 3.31. The van der Waals surface area contributed by atoms with E-state index in [1.807, 2.05) is 60.7 Å². The van der Waals surface area contributed by atoms with E-state index in [0.29, 0.717) is 17.7 Å². The number of hydroxylamine groups is 1. The van der Waals surface area contributed by atoms with E-state index in [1.54, 1.807) is 0 Å². The molecule has 2 unspecified atom stereocenters. The van der Waals surface area contributed by atoms with Crippen LogP contribution in [-0.2, 0) is 9.68 Å². The van der Waals surface area contributed by atoms with Gasteiger partial charge in [-0.25, -0.2) is 4.99 Å². The number of nitrogens with one attached hydrogen (secondary N) is 1. The molecule has 10 rings (SSSR count). The van der Waals surface area contributed by atoms with E-state index in [9.17, 15) is 0 Å². The van der Waals surface area contributed by atoms with Crippen LogP contribution < -0.4 is 11.2 Å². The van der Waals surface area contributed by atoms with Gasteiger partial charge in [0.05, 0.1) is 12.1 Å². The molecule has 9 heteroatoms. The summed E-state index contributed by atoms with van der Waals surface area (Å²) in [7, 11) is 0. The second-order valence-electron chi connectivity index (χ2n) is 11.7. The van der Waals surface area contributed by atoms with Crippen LogP contribution in [0.15, 0.2) is 75.3 Å². The Kier molecular flexibility index (Phi) is 10.5. The molecule has 0 amide bonds. The molecule has 2 spiro atoms. The first kappa shape index (κ1) is 31.5. The monoisotopic (exact) mass is 626 g/mol. The largest absolute Gasteiger partial charge is 0.386 e. The van der Waals surface area contributed by atoms with Gasteiger partial charge in [-0.2, -0.15) is 0 Å². The summed E-state index contributed by atoms with van der Waals surface area (Å²) in [5.74, 6) is 3.02. The van der Waals surface area contributed by atoms with Crippen molar-refractivity contribution in [3.8, 4) is 0 Å². The number of benzene rings is 2. The van der Waals surface area contributed by atoms with Crippen LogP contribution in [0.1, 0.15) is 53.4 Å². The van der Waals surface area contributed by atoms with Gasteiger partial charge < -0.3 is 15.5 Å². The smallest absolute Gasteiger partial charge is 0.160 e. The van der Waals surface area contributed by atoms with E-state index in [0.717, 1.165) is 41.9 Å². The molecular formula is C32H47BrN6O2. The number of para-hydroxylation sites is 1. The molecule has 0 aliphatic carbocycles. The van der Waals surface area contributed by atoms with E-state index in [4.69, 9.17) is 15.4 Å². The van der Waals surface area contributed by atoms with Gasteiger partial charge in [0.2, 0.25) is 0 Å². The summed E-state index contributed by atoms with van der Waals surface area (Å²) in [4.78, 5) is 21.2. The van der Waals surface area contributed by atoms with Crippen molar-refractivity contribution in [2.24, 2.45) is 27.7 Å². The molecule has 224 valence electrons. The van der Waals surface area contributed by atoms with Gasteiger partial charge in [-0.3, -0.25) is 15.2 Å². The van der Waals surface area contributed by atoms with Crippen LogP contribution in [0.25, 0.3) is 0 Å². The third kappa shape index (κ3) is 7.13. The van der Waals surface area contributed by atoms with Gasteiger partial charge in [0, 0.05) is 29.9 Å². The number of piperidine rings is 6. The van der Waals surface area contributed by atoms with Crippen LogP contribution in [0.3, 0.4) is 0 Å². The Balaban J connectivity index is 0.000000153. The lowest BCUT2D eigenvalue weighted by Gasteiger charge is -2.49. The molecule has 8 nitrogen and oxygen atoms in total. The first-order valence-corrected chi connectivity index (χ1v) is 15.0. The molecule has 8 heterocycles. The van der Waals surface area contributed by atoms with Crippen molar-refractivity contribution in [3.05, 3.63) is 65.1 Å². The van der Waals surface area contributed by atoms with Crippen molar-refractivity contribution in [2.45, 2.75) is 64.6 Å². The zero-order valence-corrected chi connectivity index (χ0v) is 24.1. The highest BCUT2D eigenvalue weighted by Crippen LogP contribution is 2.43. The number of aliphatic imine (C=N–C) groups is 1. The molecule has 4 bridgehead atoms. The average molecular weight is 628 g/mol. The van der Waals surface area contributed by atoms with E-state index in [-0.39, 0.29) is 26.1 Å². The van der Waals surface area contributed by atoms with Crippen molar-refractivity contribution < 1.29 is 9.68 Å². The molecule has 0 saturated carbocycles. The van der Waals surface area contributed by atoms with E-state index in [1.165, 1.54) is 51.9 Å². The van der Waals surface area contributed by atoms with E-state index >= 15 is 0 Å². The topological polar surface area (TPSA) is 87.7 Å². The normalized spacial score (nSPS) is 34.7. The second-order valence-corrected chi connectivity index (χ2v) is 12.6. The number of nitrogens with zero attached hydrogens (tertiary/aromatic N) is 4. The molecule has 8 aliphatic heterocycles. The second kappa shape index (κ2) is 13.7. The zero-order valence-electron chi connectivity index (χ0n) is 22.5. The van der Waals surface area contributed by atoms with Crippen molar-refractivity contribution in [3.63, 3.8) is 0 Å². The fraction of sp³-hybridized carbons (Fsp3) is 0.562. The van der Waals surface area contributed by atoms with Gasteiger partial charge in [0.1, 0.15) is 17.3 Å². The number of hydrogen-bond acceptors (Lipinski definition) is 7. The molecule has 41 heavy (non-hydrogen) atoms. The molecule has 0 radical (unpaired) electrons. The summed E-state index contributed by atoms with van der Waals surface area (Å²) < 4.78 is 1.13. The molecular weight excluding hydrogens is 580 g/mol. The first-order valence-electron chi connectivity index (χ1n) is 14.2. The lowest BCUT2D eigenvalue weighted by atomic mass is 9.74. The Morgan fingerprint density at radius 3 is 1.78 bits per heavy atom. The number of rotatable bonds is 1. The molecule has 8 aliphatic rings. The molecule has 2 aromatic rings. The van der Waals surface area contributed by atoms with Gasteiger partial charge in [0.15, 0.2) is 5.60 Å². The summed E-state index contributed by atoms with van der Waals surface area (Å²) in [6.45, 7) is 7.02. The third-order valence-electron chi connectivity index (χ3n) is 9.06. The Morgan fingerprint density at radius 1 is 0.805 bits per heavy atom. The maximum Gasteiger partial charge on any atom is 0.160 e. The van der Waals surface area contributed by atoms with Crippen LogP contribution in [0.2, 0.25) is 0 Å². The van der Waals surface area contributed by atoms with Crippen LogP contribution in [-0.4, -0.2) is 71.9 Å². The molecule has 7 saturated heterocycles. The van der Waals surface area contributed by atoms with E-state index in [2.05, 4.69) is 41.4 Å². The number of fused-ring (bicyclic) bond motifs is 4. The lowest BCUT2D eigenvalue weighted by Crippen LogP contribution is -2.59. The first-order chi connectivity index (χ1) is 19.0. The van der Waals surface area contributed by atoms with Gasteiger partial charge in [-0.15, -0.1) is 0 Å². The molecule has 0 aromatic heterocycles. The van der Waals surface area contributed by atoms with Crippen LogP contribution in [0, 0.1) is 11.8 Å². The Morgan fingerprint density at radius 2 is 1.34 bits per heavy atom. The minimum absolute atomic E-state index is 0. The Hall–Kier alpha value is -2.46. The minimum atomic E-state index is -0.0411. The maximum atomic E-state index is 5.98. The van der Waals surface area contributed by atoms with Crippen LogP contribution >= 0.6 is 15.9 Å². The van der Waals surface area contributed by atoms with Crippen molar-refractivity contribution in [2.75, 3.05) is 39.3 Å². The van der Waals surface area contributed by atoms with Gasteiger partial charge in [-0.05, 0) is 82.0 Å². The highest BCUT2D eigenvalue weighted by atomic mass is 79.9. The summed E-state index contributed by atoms with van der Waals surface area (Å²) in [6, 6.07) is 20.1. The molecule has 3 N–H and O–H groups in total. The molecule has 2 aromatic carbocycles. The highest BCUT2D eigenvalue weighted by Gasteiger charge is 2.53. The number of oxime groups is 1. The minimum Gasteiger partial charge on any atom is -0.386 e. The van der Waals surface area contributed by atoms with Gasteiger partial charge in [0.25, 0.3) is 0 Å². The summed E-state index contributed by atoms with van der Waals surface area (Å²) in [6.07, 6.45) is 6.80. The predicted octanol–water partition coefficient (Wildman–Crippen LogP) is 5.97. The standard InChI is InChI=1S/C15H19N3O.C9H15N3O.C6H5Br.2CH4/c1-2-4-13(5-3-1)16-14-10-15(19-17-14)11-18-8-6-12(15)7-9-18;10-8-5-9(13-11-8)6-12-3-1-7(9)2-4-12;7-6-4-2-1-3-5-6;;/h1-5,12H,6-11H2,(H,16,17);7H,1-6H2,(H2,10,11);1-5H;2*1H4. The van der Waals surface area contributed by atoms with Crippen LogP contribution in [0.4, 0.5) is 5.69 Å². The maximum absolute atomic E-state index is 5.98. The van der Waals surface area contributed by atoms with Crippen molar-refractivity contribution >= 4 is 33.3 Å². The zero-order chi connectivity index (χ0) is 26.7. The molecule has 2 atom stereocenters. The SMILES string of the molecule is Brc1ccccc1.C.C.NC1=NOC2(C1)CN1CCC2CC1.c1ccc(N=C2CC3(CN4CCC3CC4)ON2)cc1. The highest BCUT2D eigenvalue weighted by molar-refractivity contribution is 9.10. The summed E-state index contributed by atoms with van der Waals surface area (Å²) in [5, 5.41) is 3.90. The number of nitrogens with two attached hydrogens (primary N) is 1. The summed E-state index contributed by atoms with van der Waals surface area (Å²) in [5.41, 5.74) is 9.68. The quantitative estimate of drug-likeness (QED) is 0.405. The fourth-order valence-corrected chi connectivity index (χ4v) is 7.35. The Labute approximate surface area is 254 Å². The number of amidine groups is 2. The molecule has 7 fully saturated rings. The van der Waals surface area contributed by atoms with Gasteiger partial charge >= 0.3 is 0 Å².